The number of ether oxygens (including phenoxy) is 5. The van der Waals surface area contributed by atoms with Gasteiger partial charge in [0.15, 0.2) is 17.6 Å². The van der Waals surface area contributed by atoms with E-state index in [0.29, 0.717) is 25.9 Å². The molecule has 4 atom stereocenters. The Morgan fingerprint density at radius 3 is 2.66 bits per heavy atom. The molecule has 2 unspecified atom stereocenters. The molecule has 8 rings (SSSR count). The summed E-state index contributed by atoms with van der Waals surface area (Å²) >= 11 is 0. The molecule has 2 saturated heterocycles. The highest BCUT2D eigenvalue weighted by molar-refractivity contribution is 5.63. The van der Waals surface area contributed by atoms with Crippen LogP contribution in [0.15, 0.2) is 48.5 Å². The van der Waals surface area contributed by atoms with Crippen LogP contribution in [0.2, 0.25) is 0 Å². The van der Waals surface area contributed by atoms with E-state index in [0.717, 1.165) is 49.6 Å². The van der Waals surface area contributed by atoms with E-state index in [-0.39, 0.29) is 17.1 Å². The van der Waals surface area contributed by atoms with Gasteiger partial charge < -0.3 is 23.7 Å². The van der Waals surface area contributed by atoms with Crippen molar-refractivity contribution in [1.82, 2.24) is 4.90 Å². The zero-order valence-electron chi connectivity index (χ0n) is 22.2. The lowest BCUT2D eigenvalue weighted by Gasteiger charge is -2.66. The van der Waals surface area contributed by atoms with Gasteiger partial charge in [-0.3, -0.25) is 4.90 Å². The second-order valence-corrected chi connectivity index (χ2v) is 12.0. The summed E-state index contributed by atoms with van der Waals surface area (Å²) in [6, 6.07) is 15.1. The number of hydrogen-bond acceptors (Lipinski definition) is 6. The Kier molecular flexibility index (Phi) is 5.29. The van der Waals surface area contributed by atoms with E-state index in [9.17, 15) is 0 Å². The largest absolute Gasteiger partial charge is 0.493 e. The average Bonchev–Trinajstić information content (AvgIpc) is 3.51. The molecule has 0 amide bonds. The maximum atomic E-state index is 7.26. The minimum atomic E-state index is -0.728. The highest BCUT2D eigenvalue weighted by atomic mass is 16.8. The van der Waals surface area contributed by atoms with Crippen LogP contribution in [0.5, 0.6) is 11.5 Å². The molecule has 2 aromatic carbocycles. The lowest BCUT2D eigenvalue weighted by atomic mass is 9.48. The molecule has 200 valence electrons. The van der Waals surface area contributed by atoms with E-state index in [1.54, 1.807) is 7.11 Å². The van der Waals surface area contributed by atoms with Crippen molar-refractivity contribution < 1.29 is 23.7 Å². The molecule has 6 aliphatic rings. The monoisotopic (exact) mass is 515 g/mol. The number of likely N-dealkylation sites (tertiary alicyclic amines) is 1. The Morgan fingerprint density at radius 2 is 1.87 bits per heavy atom. The molecule has 3 heterocycles. The van der Waals surface area contributed by atoms with Crippen LogP contribution in [0, 0.1) is 5.92 Å². The molecule has 3 aliphatic carbocycles. The standard InChI is InChI=1S/C32H37NO5/c1-34-25-12-11-24-20-26-31(35-17-5-8-22-6-3-2-4-7-22)13-14-32(36-18-19-37-32)29-30(31,27(24)28(25)38-29)15-16-33(26)21-23-9-10-23/h2-8,11-12,23,26,29H,9-10,13-21H2,1H3/b8-5+/t26?,29-,30+,31?/m1/s1. The highest BCUT2D eigenvalue weighted by Gasteiger charge is 2.78. The fourth-order valence-electron chi connectivity index (χ4n) is 8.57. The van der Waals surface area contributed by atoms with E-state index < -0.39 is 5.79 Å². The van der Waals surface area contributed by atoms with Crippen LogP contribution in [0.4, 0.5) is 0 Å². The zero-order valence-corrected chi connectivity index (χ0v) is 22.2. The van der Waals surface area contributed by atoms with Crippen molar-refractivity contribution in [3.05, 3.63) is 65.2 Å². The van der Waals surface area contributed by atoms with Crippen LogP contribution in [0.3, 0.4) is 0 Å². The lowest BCUT2D eigenvalue weighted by molar-refractivity contribution is -0.304. The van der Waals surface area contributed by atoms with Crippen LogP contribution in [0.25, 0.3) is 6.08 Å². The minimum absolute atomic E-state index is 0.250. The number of benzene rings is 2. The topological polar surface area (TPSA) is 49.4 Å². The first-order valence-electron chi connectivity index (χ1n) is 14.4. The van der Waals surface area contributed by atoms with Crippen LogP contribution >= 0.6 is 0 Å². The van der Waals surface area contributed by atoms with Crippen molar-refractivity contribution in [3.8, 4) is 11.5 Å². The fraction of sp³-hybridized carbons (Fsp3) is 0.562. The summed E-state index contributed by atoms with van der Waals surface area (Å²) in [5.41, 5.74) is 3.16. The Balaban J connectivity index is 1.26. The molecule has 2 saturated carbocycles. The van der Waals surface area contributed by atoms with Gasteiger partial charge in [0.25, 0.3) is 0 Å². The Bertz CT molecular complexity index is 1250. The predicted molar refractivity (Wildman–Crippen MR) is 144 cm³/mol. The second-order valence-electron chi connectivity index (χ2n) is 12.0. The van der Waals surface area contributed by atoms with Crippen LogP contribution < -0.4 is 9.47 Å². The summed E-state index contributed by atoms with van der Waals surface area (Å²) in [5, 5.41) is 0. The van der Waals surface area contributed by atoms with Gasteiger partial charge in [0.05, 0.1) is 37.9 Å². The van der Waals surface area contributed by atoms with Gasteiger partial charge in [-0.1, -0.05) is 48.6 Å². The smallest absolute Gasteiger partial charge is 0.207 e. The summed E-state index contributed by atoms with van der Waals surface area (Å²) in [6.07, 6.45) is 10.5. The fourth-order valence-corrected chi connectivity index (χ4v) is 8.57. The second kappa shape index (κ2) is 8.56. The van der Waals surface area contributed by atoms with Crippen LogP contribution in [-0.2, 0) is 26.0 Å². The maximum absolute atomic E-state index is 7.26. The molecule has 6 heteroatoms. The number of piperidine rings is 1. The summed E-state index contributed by atoms with van der Waals surface area (Å²) < 4.78 is 33.0. The van der Waals surface area contributed by atoms with Crippen molar-refractivity contribution in [2.24, 2.45) is 5.92 Å². The Labute approximate surface area is 224 Å². The molecule has 4 fully saturated rings. The normalized spacial score (nSPS) is 34.4. The third kappa shape index (κ3) is 3.15. The first-order chi connectivity index (χ1) is 18.7. The van der Waals surface area contributed by atoms with Gasteiger partial charge in [-0.25, -0.2) is 0 Å². The van der Waals surface area contributed by atoms with Gasteiger partial charge in [0, 0.05) is 24.6 Å². The zero-order chi connectivity index (χ0) is 25.4. The SMILES string of the molecule is COc1ccc2c3c1O[C@H]1C4(CCC5(OC/C=C/c6ccccc6)C(C2)N(CC2CC2)CC[C@]315)OCCO4. The molecule has 2 aromatic rings. The number of hydrogen-bond donors (Lipinski definition) is 0. The van der Waals surface area contributed by atoms with Gasteiger partial charge >= 0.3 is 0 Å². The van der Waals surface area contributed by atoms with Crippen molar-refractivity contribution in [1.29, 1.82) is 0 Å². The first kappa shape index (κ1) is 23.5. The molecule has 2 bridgehead atoms. The summed E-state index contributed by atoms with van der Waals surface area (Å²) in [7, 11) is 1.74. The molecule has 0 radical (unpaired) electrons. The van der Waals surface area contributed by atoms with E-state index in [1.165, 1.54) is 36.1 Å². The summed E-state index contributed by atoms with van der Waals surface area (Å²) in [6.45, 7) is 4.02. The van der Waals surface area contributed by atoms with Crippen molar-refractivity contribution in [2.45, 2.75) is 67.5 Å². The summed E-state index contributed by atoms with van der Waals surface area (Å²) in [5.74, 6) is 1.79. The molecule has 0 aromatic heterocycles. The van der Waals surface area contributed by atoms with Crippen molar-refractivity contribution >= 4 is 6.08 Å². The molecule has 6 nitrogen and oxygen atoms in total. The van der Waals surface area contributed by atoms with E-state index in [1.807, 2.05) is 0 Å². The predicted octanol–water partition coefficient (Wildman–Crippen LogP) is 4.74. The van der Waals surface area contributed by atoms with Crippen molar-refractivity contribution in [2.75, 3.05) is 40.0 Å². The van der Waals surface area contributed by atoms with E-state index in [4.69, 9.17) is 23.7 Å². The highest BCUT2D eigenvalue weighted by Crippen LogP contribution is 2.69. The van der Waals surface area contributed by atoms with Gasteiger partial charge in [-0.05, 0) is 61.8 Å². The number of rotatable bonds is 7. The van der Waals surface area contributed by atoms with E-state index >= 15 is 0 Å². The molecule has 0 N–H and O–H groups in total. The summed E-state index contributed by atoms with van der Waals surface area (Å²) in [4.78, 5) is 2.76. The Morgan fingerprint density at radius 1 is 1.03 bits per heavy atom. The number of fused-ring (bicyclic) bond motifs is 1. The molecule has 2 spiro atoms. The van der Waals surface area contributed by atoms with Crippen LogP contribution in [-0.4, -0.2) is 68.5 Å². The lowest BCUT2D eigenvalue weighted by Crippen LogP contribution is -2.80. The first-order valence-corrected chi connectivity index (χ1v) is 14.4. The van der Waals surface area contributed by atoms with E-state index in [2.05, 4.69) is 59.5 Å². The maximum Gasteiger partial charge on any atom is 0.207 e. The van der Waals surface area contributed by atoms with Gasteiger partial charge in [-0.2, -0.15) is 0 Å². The average molecular weight is 516 g/mol. The quantitative estimate of drug-likeness (QED) is 0.531. The van der Waals surface area contributed by atoms with Crippen molar-refractivity contribution in [3.63, 3.8) is 0 Å². The Hall–Kier alpha value is -2.38. The third-order valence-electron chi connectivity index (χ3n) is 10.3. The van der Waals surface area contributed by atoms with Gasteiger partial charge in [0.1, 0.15) is 0 Å². The van der Waals surface area contributed by atoms with Crippen LogP contribution in [0.1, 0.15) is 48.8 Å². The van der Waals surface area contributed by atoms with Gasteiger partial charge in [0.2, 0.25) is 5.79 Å². The minimum Gasteiger partial charge on any atom is -0.493 e. The molecule has 38 heavy (non-hydrogen) atoms. The molecule has 3 aliphatic heterocycles. The number of nitrogens with zero attached hydrogens (tertiary/aromatic N) is 1. The van der Waals surface area contributed by atoms with Gasteiger partial charge in [-0.15, -0.1) is 0 Å². The molecular weight excluding hydrogens is 478 g/mol. The third-order valence-corrected chi connectivity index (χ3v) is 10.3. The number of methoxy groups -OCH3 is 1. The molecular formula is C32H37NO5.